The van der Waals surface area contributed by atoms with Crippen LogP contribution < -0.4 is 10.2 Å². The van der Waals surface area contributed by atoms with Gasteiger partial charge in [0.25, 0.3) is 5.91 Å². The van der Waals surface area contributed by atoms with Crippen LogP contribution in [0.25, 0.3) is 0 Å². The molecule has 0 bridgehead atoms. The zero-order valence-corrected chi connectivity index (χ0v) is 17.8. The Morgan fingerprint density at radius 1 is 1.43 bits per heavy atom. The van der Waals surface area contributed by atoms with Crippen molar-refractivity contribution in [2.45, 2.75) is 23.0 Å². The maximum Gasteiger partial charge on any atom is 0.352 e. The van der Waals surface area contributed by atoms with Gasteiger partial charge in [-0.05, 0) is 16.0 Å². The number of aromatic nitrogens is 5. The summed E-state index contributed by atoms with van der Waals surface area (Å²) in [7, 11) is 1.68. The van der Waals surface area contributed by atoms with Crippen molar-refractivity contribution in [2.24, 2.45) is 7.05 Å². The highest BCUT2D eigenvalue weighted by Gasteiger charge is 2.54. The Morgan fingerprint density at radius 3 is 2.87 bits per heavy atom. The molecule has 30 heavy (non-hydrogen) atoms. The molecular weight excluding hydrogens is 454 g/mol. The van der Waals surface area contributed by atoms with E-state index in [2.05, 4.69) is 25.8 Å². The molecule has 0 aromatic carbocycles. The minimum Gasteiger partial charge on any atom is -0.477 e. The first-order valence-corrected chi connectivity index (χ1v) is 11.5. The molecule has 0 radical (unpaired) electrons. The molecule has 3 N–H and O–H groups in total. The number of carboxylic acids is 1. The third kappa shape index (κ3) is 3.87. The van der Waals surface area contributed by atoms with Gasteiger partial charge >= 0.3 is 10.8 Å². The van der Waals surface area contributed by atoms with Gasteiger partial charge in [0.15, 0.2) is 0 Å². The summed E-state index contributed by atoms with van der Waals surface area (Å²) in [4.78, 5) is 51.4. The predicted molar refractivity (Wildman–Crippen MR) is 108 cm³/mol. The molecule has 2 aliphatic heterocycles. The predicted octanol–water partition coefficient (Wildman–Crippen LogP) is -0.967. The van der Waals surface area contributed by atoms with Gasteiger partial charge in [-0.2, -0.15) is 0 Å². The van der Waals surface area contributed by atoms with E-state index in [0.29, 0.717) is 27.9 Å². The second kappa shape index (κ2) is 8.23. The Bertz CT molecular complexity index is 1110. The SMILES string of the molecule is Cn1nnnc1SCC1=C(C(=O)O)N2C(=O)C(NC(=O)Cc3csc(=O)[nH]3)[C@H]2SC1. The highest BCUT2D eigenvalue weighted by molar-refractivity contribution is 8.01. The van der Waals surface area contributed by atoms with Crippen molar-refractivity contribution in [3.8, 4) is 0 Å². The molecule has 15 heteroatoms. The summed E-state index contributed by atoms with van der Waals surface area (Å²) in [5, 5.41) is 25.0. The number of aryl methyl sites for hydroxylation is 1. The van der Waals surface area contributed by atoms with Crippen molar-refractivity contribution < 1.29 is 19.5 Å². The summed E-state index contributed by atoms with van der Waals surface area (Å²) in [5.41, 5.74) is 0.996. The molecule has 1 saturated heterocycles. The molecule has 1 unspecified atom stereocenters. The van der Waals surface area contributed by atoms with Crippen molar-refractivity contribution in [2.75, 3.05) is 11.5 Å². The summed E-state index contributed by atoms with van der Waals surface area (Å²) in [6.45, 7) is 0. The number of thioether (sulfide) groups is 2. The van der Waals surface area contributed by atoms with E-state index in [4.69, 9.17) is 0 Å². The highest BCUT2D eigenvalue weighted by Crippen LogP contribution is 2.41. The molecule has 2 aromatic heterocycles. The molecule has 158 valence electrons. The van der Waals surface area contributed by atoms with Crippen molar-refractivity contribution >= 4 is 52.6 Å². The van der Waals surface area contributed by atoms with Crippen molar-refractivity contribution in [1.82, 2.24) is 35.4 Å². The van der Waals surface area contributed by atoms with E-state index in [1.54, 1.807) is 12.4 Å². The average molecular weight is 470 g/mol. The number of carbonyl (C=O) groups is 3. The molecule has 0 saturated carbocycles. The van der Waals surface area contributed by atoms with Crippen LogP contribution in [0.3, 0.4) is 0 Å². The number of tetrazole rings is 1. The van der Waals surface area contributed by atoms with Crippen LogP contribution in [0, 0.1) is 0 Å². The van der Waals surface area contributed by atoms with Crippen LogP contribution in [-0.4, -0.2) is 75.9 Å². The Hall–Kier alpha value is -2.65. The second-order valence-corrected chi connectivity index (χ2v) is 9.33. The van der Waals surface area contributed by atoms with Gasteiger partial charge in [0.1, 0.15) is 17.1 Å². The molecule has 4 rings (SSSR count). The number of hydrogen-bond acceptors (Lipinski definition) is 10. The number of nitrogens with one attached hydrogen (secondary N) is 2. The van der Waals surface area contributed by atoms with Crippen LogP contribution in [-0.2, 0) is 27.9 Å². The number of aromatic amines is 1. The number of nitrogens with zero attached hydrogens (tertiary/aromatic N) is 5. The van der Waals surface area contributed by atoms with Crippen LogP contribution in [0.5, 0.6) is 0 Å². The maximum absolute atomic E-state index is 12.6. The summed E-state index contributed by atoms with van der Waals surface area (Å²) >= 11 is 3.63. The van der Waals surface area contributed by atoms with Crippen LogP contribution in [0.4, 0.5) is 0 Å². The summed E-state index contributed by atoms with van der Waals surface area (Å²) in [6.07, 6.45) is -0.0604. The lowest BCUT2D eigenvalue weighted by atomic mass is 10.0. The fraction of sp³-hybridized carbons (Fsp3) is 0.400. The van der Waals surface area contributed by atoms with Gasteiger partial charge in [-0.1, -0.05) is 23.1 Å². The lowest BCUT2D eigenvalue weighted by molar-refractivity contribution is -0.150. The van der Waals surface area contributed by atoms with E-state index in [0.717, 1.165) is 11.3 Å². The molecule has 2 aliphatic rings. The Labute approximate surface area is 181 Å². The number of carboxylic acid groups (broad SMARTS) is 1. The number of H-pyrrole nitrogens is 1. The van der Waals surface area contributed by atoms with E-state index >= 15 is 0 Å². The fourth-order valence-electron chi connectivity index (χ4n) is 3.09. The minimum absolute atomic E-state index is 0.0564. The molecule has 0 aliphatic carbocycles. The molecule has 1 fully saturated rings. The van der Waals surface area contributed by atoms with Gasteiger partial charge in [0, 0.05) is 29.6 Å². The first-order chi connectivity index (χ1) is 14.3. The normalized spacial score (nSPS) is 20.7. The van der Waals surface area contributed by atoms with E-state index < -0.39 is 29.2 Å². The largest absolute Gasteiger partial charge is 0.477 e. The molecule has 12 nitrogen and oxygen atoms in total. The van der Waals surface area contributed by atoms with Crippen LogP contribution in [0.2, 0.25) is 0 Å². The van der Waals surface area contributed by atoms with Gasteiger partial charge in [-0.3, -0.25) is 19.3 Å². The molecule has 2 atom stereocenters. The van der Waals surface area contributed by atoms with E-state index in [1.807, 2.05) is 0 Å². The summed E-state index contributed by atoms with van der Waals surface area (Å²) < 4.78 is 1.48. The van der Waals surface area contributed by atoms with E-state index in [-0.39, 0.29) is 17.0 Å². The van der Waals surface area contributed by atoms with Gasteiger partial charge in [0.05, 0.1) is 6.42 Å². The smallest absolute Gasteiger partial charge is 0.352 e. The Kier molecular flexibility index (Phi) is 5.66. The van der Waals surface area contributed by atoms with Crippen molar-refractivity contribution in [1.29, 1.82) is 0 Å². The second-order valence-electron chi connectivity index (χ2n) is 6.44. The quantitative estimate of drug-likeness (QED) is 0.340. The van der Waals surface area contributed by atoms with Crippen LogP contribution >= 0.6 is 34.9 Å². The summed E-state index contributed by atoms with van der Waals surface area (Å²) in [6, 6.07) is -0.806. The molecular formula is C15H15N7O5S3. The Balaban J connectivity index is 1.44. The average Bonchev–Trinajstić information content (AvgIpc) is 3.31. The maximum atomic E-state index is 12.6. The molecule has 2 aromatic rings. The lowest BCUT2D eigenvalue weighted by Gasteiger charge is -2.49. The monoisotopic (exact) mass is 469 g/mol. The van der Waals surface area contributed by atoms with Gasteiger partial charge in [-0.15, -0.1) is 16.9 Å². The number of fused-ring (bicyclic) bond motifs is 1. The van der Waals surface area contributed by atoms with Crippen molar-refractivity contribution in [3.05, 3.63) is 32.0 Å². The zero-order chi connectivity index (χ0) is 21.4. The zero-order valence-electron chi connectivity index (χ0n) is 15.4. The van der Waals surface area contributed by atoms with E-state index in [1.165, 1.54) is 33.1 Å². The summed E-state index contributed by atoms with van der Waals surface area (Å²) in [5.74, 6) is -1.36. The molecule has 2 amide bonds. The standard InChI is InChI=1S/C15H15N7O5S3/c1-21-14(18-19-20-21)29-4-6-3-28-12-9(11(24)22(12)10(6)13(25)26)17-8(23)2-7-5-30-15(27)16-7/h5,9,12H,2-4H2,1H3,(H,16,27)(H,17,23)(H,25,26)/t9?,12-/m1/s1. The molecule has 0 spiro atoms. The number of thiazole rings is 1. The highest BCUT2D eigenvalue weighted by atomic mass is 32.2. The minimum atomic E-state index is -1.19. The number of amides is 2. The first kappa shape index (κ1) is 20.6. The number of carbonyl (C=O) groups excluding carboxylic acids is 2. The third-order valence-corrected chi connectivity index (χ3v) is 7.60. The van der Waals surface area contributed by atoms with E-state index in [9.17, 15) is 24.3 Å². The number of rotatable bonds is 7. The van der Waals surface area contributed by atoms with Gasteiger partial charge in [0.2, 0.25) is 11.1 Å². The van der Waals surface area contributed by atoms with Crippen LogP contribution in [0.15, 0.2) is 26.6 Å². The van der Waals surface area contributed by atoms with Gasteiger partial charge < -0.3 is 15.4 Å². The fourth-order valence-corrected chi connectivity index (χ4v) is 6.00. The third-order valence-electron chi connectivity index (χ3n) is 4.44. The number of aliphatic carboxylic acids is 1. The van der Waals surface area contributed by atoms with Gasteiger partial charge in [-0.25, -0.2) is 9.48 Å². The molecule has 4 heterocycles. The van der Waals surface area contributed by atoms with Crippen LogP contribution in [0.1, 0.15) is 5.69 Å². The topological polar surface area (TPSA) is 163 Å². The number of hydrogen-bond donors (Lipinski definition) is 3. The lowest BCUT2D eigenvalue weighted by Crippen LogP contribution is -2.70. The Morgan fingerprint density at radius 2 is 2.23 bits per heavy atom. The van der Waals surface area contributed by atoms with Crippen molar-refractivity contribution in [3.63, 3.8) is 0 Å². The first-order valence-electron chi connectivity index (χ1n) is 8.56. The number of β-lactam (4-membered cyclic amide) rings is 1.